The summed E-state index contributed by atoms with van der Waals surface area (Å²) in [6, 6.07) is 10.5. The molecule has 4 aromatic rings. The third kappa shape index (κ3) is 3.59. The second-order valence-corrected chi connectivity index (χ2v) is 7.55. The van der Waals surface area contributed by atoms with Gasteiger partial charge in [0, 0.05) is 21.9 Å². The molecule has 0 saturated carbocycles. The standard InChI is InChI=1S/C24H21NO6/c1-12-16-9-18-19(15-7-5-4-6-8-15)11-30-21(18)13(2)22(16)31-24(29)17(12)10-20(26)25-14(3)23(27)28/h4-9,11,14H,10H2,1-3H3,(H,25,26)(H,27,28)/p-1/t14-/m0/s1. The Morgan fingerprint density at radius 1 is 1.06 bits per heavy atom. The van der Waals surface area contributed by atoms with Gasteiger partial charge >= 0.3 is 5.63 Å². The number of nitrogens with one attached hydrogen (secondary N) is 1. The van der Waals surface area contributed by atoms with E-state index < -0.39 is 23.5 Å². The molecule has 0 aliphatic heterocycles. The van der Waals surface area contributed by atoms with Gasteiger partial charge in [-0.15, -0.1) is 0 Å². The van der Waals surface area contributed by atoms with E-state index >= 15 is 0 Å². The Hall–Kier alpha value is -3.87. The van der Waals surface area contributed by atoms with Gasteiger partial charge in [0.25, 0.3) is 0 Å². The van der Waals surface area contributed by atoms with Crippen molar-refractivity contribution in [1.82, 2.24) is 5.32 Å². The van der Waals surface area contributed by atoms with Crippen molar-refractivity contribution < 1.29 is 23.5 Å². The lowest BCUT2D eigenvalue weighted by atomic mass is 9.97. The van der Waals surface area contributed by atoms with Crippen LogP contribution in [0.5, 0.6) is 0 Å². The molecule has 1 atom stereocenters. The summed E-state index contributed by atoms with van der Waals surface area (Å²) in [7, 11) is 0. The van der Waals surface area contributed by atoms with Crippen LogP contribution in [0.15, 0.2) is 56.3 Å². The largest absolute Gasteiger partial charge is 0.548 e. The molecule has 0 aliphatic carbocycles. The first kappa shape index (κ1) is 20.4. The summed E-state index contributed by atoms with van der Waals surface area (Å²) in [6.07, 6.45) is 1.38. The second-order valence-electron chi connectivity index (χ2n) is 7.55. The Morgan fingerprint density at radius 3 is 2.45 bits per heavy atom. The molecule has 1 amide bonds. The van der Waals surface area contributed by atoms with E-state index in [1.807, 2.05) is 43.3 Å². The summed E-state index contributed by atoms with van der Waals surface area (Å²) in [5.74, 6) is -2.00. The van der Waals surface area contributed by atoms with Crippen LogP contribution in [-0.4, -0.2) is 17.9 Å². The number of furan rings is 1. The van der Waals surface area contributed by atoms with Crippen LogP contribution >= 0.6 is 0 Å². The quantitative estimate of drug-likeness (QED) is 0.499. The van der Waals surface area contributed by atoms with E-state index in [0.717, 1.165) is 16.5 Å². The molecule has 1 N–H and O–H groups in total. The fourth-order valence-electron chi connectivity index (χ4n) is 3.75. The minimum atomic E-state index is -1.40. The van der Waals surface area contributed by atoms with Crippen LogP contribution in [0.2, 0.25) is 0 Å². The minimum absolute atomic E-state index is 0.180. The molecule has 0 saturated heterocycles. The van der Waals surface area contributed by atoms with Crippen LogP contribution in [-0.2, 0) is 16.0 Å². The number of hydrogen-bond donors (Lipinski definition) is 1. The summed E-state index contributed by atoms with van der Waals surface area (Å²) in [5.41, 5.74) is 3.76. The third-order valence-corrected chi connectivity index (χ3v) is 5.49. The molecular weight excluding hydrogens is 398 g/mol. The maximum atomic E-state index is 12.6. The third-order valence-electron chi connectivity index (χ3n) is 5.49. The topological polar surface area (TPSA) is 113 Å². The summed E-state index contributed by atoms with van der Waals surface area (Å²) in [6.45, 7) is 4.86. The highest BCUT2D eigenvalue weighted by Crippen LogP contribution is 2.37. The lowest BCUT2D eigenvalue weighted by Gasteiger charge is -2.15. The van der Waals surface area contributed by atoms with Crippen molar-refractivity contribution in [2.75, 3.05) is 0 Å². The predicted octanol–water partition coefficient (Wildman–Crippen LogP) is 2.62. The van der Waals surface area contributed by atoms with Crippen LogP contribution in [0.3, 0.4) is 0 Å². The van der Waals surface area contributed by atoms with Crippen molar-refractivity contribution in [3.8, 4) is 11.1 Å². The van der Waals surface area contributed by atoms with Crippen LogP contribution < -0.4 is 16.0 Å². The predicted molar refractivity (Wildman–Crippen MR) is 113 cm³/mol. The Morgan fingerprint density at radius 2 is 1.77 bits per heavy atom. The highest BCUT2D eigenvalue weighted by molar-refractivity contribution is 6.05. The van der Waals surface area contributed by atoms with E-state index in [0.29, 0.717) is 27.7 Å². The number of carboxylic acid groups (broad SMARTS) is 1. The van der Waals surface area contributed by atoms with Gasteiger partial charge in [0.2, 0.25) is 5.91 Å². The van der Waals surface area contributed by atoms with Gasteiger partial charge < -0.3 is 24.1 Å². The molecule has 2 heterocycles. The van der Waals surface area contributed by atoms with E-state index in [1.54, 1.807) is 13.2 Å². The lowest BCUT2D eigenvalue weighted by Crippen LogP contribution is -2.46. The number of rotatable bonds is 5. The van der Waals surface area contributed by atoms with Gasteiger partial charge in [-0.3, -0.25) is 4.79 Å². The highest BCUT2D eigenvalue weighted by atomic mass is 16.4. The molecular formula is C24H20NO6-. The van der Waals surface area contributed by atoms with Gasteiger partial charge in [0.1, 0.15) is 11.2 Å². The van der Waals surface area contributed by atoms with Gasteiger partial charge in [-0.05, 0) is 38.0 Å². The Balaban J connectivity index is 1.85. The SMILES string of the molecule is Cc1c(CC(=O)N[C@@H](C)C(=O)[O-])c(=O)oc2c(C)c3occ(-c4ccccc4)c3cc12. The van der Waals surface area contributed by atoms with E-state index in [9.17, 15) is 19.5 Å². The zero-order valence-corrected chi connectivity index (χ0v) is 17.3. The summed E-state index contributed by atoms with van der Waals surface area (Å²) >= 11 is 0. The molecule has 0 fully saturated rings. The number of amides is 1. The van der Waals surface area contributed by atoms with Crippen molar-refractivity contribution in [2.45, 2.75) is 33.2 Å². The Kier molecular flexibility index (Phi) is 5.10. The minimum Gasteiger partial charge on any atom is -0.548 e. The molecule has 7 heteroatoms. The maximum Gasteiger partial charge on any atom is 0.340 e. The fraction of sp³-hybridized carbons (Fsp3) is 0.208. The average Bonchev–Trinajstić information content (AvgIpc) is 3.17. The first-order valence-electron chi connectivity index (χ1n) is 9.80. The van der Waals surface area contributed by atoms with E-state index in [1.165, 1.54) is 6.92 Å². The van der Waals surface area contributed by atoms with Crippen molar-refractivity contribution >= 4 is 33.8 Å². The van der Waals surface area contributed by atoms with Crippen LogP contribution in [0, 0.1) is 13.8 Å². The molecule has 158 valence electrons. The Bertz CT molecular complexity index is 1380. The Labute approximate surface area is 177 Å². The van der Waals surface area contributed by atoms with Crippen molar-refractivity contribution in [1.29, 1.82) is 0 Å². The number of carbonyl (C=O) groups excluding carboxylic acids is 2. The van der Waals surface area contributed by atoms with E-state index in [4.69, 9.17) is 8.83 Å². The monoisotopic (exact) mass is 418 g/mol. The van der Waals surface area contributed by atoms with Crippen LogP contribution in [0.1, 0.15) is 23.6 Å². The summed E-state index contributed by atoms with van der Waals surface area (Å²) in [4.78, 5) is 35.7. The fourth-order valence-corrected chi connectivity index (χ4v) is 3.75. The summed E-state index contributed by atoms with van der Waals surface area (Å²) < 4.78 is 11.4. The molecule has 0 radical (unpaired) electrons. The van der Waals surface area contributed by atoms with Gasteiger partial charge in [-0.25, -0.2) is 4.79 Å². The van der Waals surface area contributed by atoms with Crippen molar-refractivity contribution in [2.24, 2.45) is 0 Å². The number of aryl methyl sites for hydroxylation is 2. The van der Waals surface area contributed by atoms with E-state index in [2.05, 4.69) is 5.32 Å². The molecule has 0 spiro atoms. The van der Waals surface area contributed by atoms with Crippen LogP contribution in [0.25, 0.3) is 33.1 Å². The molecule has 2 aromatic heterocycles. The van der Waals surface area contributed by atoms with Gasteiger partial charge in [-0.2, -0.15) is 0 Å². The number of fused-ring (bicyclic) bond motifs is 2. The number of hydrogen-bond acceptors (Lipinski definition) is 6. The lowest BCUT2D eigenvalue weighted by molar-refractivity contribution is -0.307. The number of benzene rings is 2. The molecule has 31 heavy (non-hydrogen) atoms. The zero-order valence-electron chi connectivity index (χ0n) is 17.3. The van der Waals surface area contributed by atoms with Gasteiger partial charge in [0.15, 0.2) is 0 Å². The average molecular weight is 418 g/mol. The smallest absolute Gasteiger partial charge is 0.340 e. The molecule has 4 rings (SSSR count). The highest BCUT2D eigenvalue weighted by Gasteiger charge is 2.20. The molecule has 2 aromatic carbocycles. The first-order valence-corrected chi connectivity index (χ1v) is 9.80. The summed E-state index contributed by atoms with van der Waals surface area (Å²) in [5, 5.41) is 14.7. The van der Waals surface area contributed by atoms with Crippen molar-refractivity contribution in [3.63, 3.8) is 0 Å². The number of carbonyl (C=O) groups is 2. The maximum absolute atomic E-state index is 12.6. The normalized spacial score (nSPS) is 12.2. The second kappa shape index (κ2) is 7.75. The zero-order chi connectivity index (χ0) is 22.3. The van der Waals surface area contributed by atoms with E-state index in [-0.39, 0.29) is 12.0 Å². The number of aliphatic carboxylic acids is 1. The molecule has 0 bridgehead atoms. The van der Waals surface area contributed by atoms with Gasteiger partial charge in [-0.1, -0.05) is 30.3 Å². The van der Waals surface area contributed by atoms with Gasteiger partial charge in [0.05, 0.1) is 30.3 Å². The first-order chi connectivity index (χ1) is 14.8. The number of carboxylic acids is 1. The molecule has 0 aliphatic rings. The molecule has 7 nitrogen and oxygen atoms in total. The molecule has 0 unspecified atom stereocenters. The van der Waals surface area contributed by atoms with Crippen LogP contribution in [0.4, 0.5) is 0 Å². The van der Waals surface area contributed by atoms with Crippen molar-refractivity contribution in [3.05, 3.63) is 69.8 Å².